The number of allylic oxidation sites excluding steroid dienone is 7. The maximum Gasteiger partial charge on any atom is 0.0577 e. The van der Waals surface area contributed by atoms with Crippen molar-refractivity contribution in [2.24, 2.45) is 0 Å². The van der Waals surface area contributed by atoms with E-state index in [1.807, 2.05) is 20.8 Å². The molecule has 0 radical (unpaired) electrons. The molecule has 1 aliphatic carbocycles. The molecule has 0 aliphatic heterocycles. The predicted molar refractivity (Wildman–Crippen MR) is 94.0 cm³/mol. The number of aliphatic hydroxyl groups is 1. The molecule has 0 aromatic heterocycles. The minimum Gasteiger partial charge on any atom is -0.393 e. The van der Waals surface area contributed by atoms with Crippen molar-refractivity contribution >= 4 is 0 Å². The Balaban J connectivity index is 0.000000885. The molecule has 0 heterocycles. The Bertz CT molecular complexity index is 458. The molecule has 0 aromatic rings. The molecule has 0 fully saturated rings. The van der Waals surface area contributed by atoms with Crippen LogP contribution in [-0.4, -0.2) is 11.2 Å². The Morgan fingerprint density at radius 2 is 1.95 bits per heavy atom. The van der Waals surface area contributed by atoms with Gasteiger partial charge in [-0.05, 0) is 58.1 Å². The Morgan fingerprint density at radius 1 is 1.29 bits per heavy atom. The number of hydrogen-bond donors (Lipinski definition) is 1. The van der Waals surface area contributed by atoms with Crippen molar-refractivity contribution in [3.63, 3.8) is 0 Å². The highest BCUT2D eigenvalue weighted by Crippen LogP contribution is 2.29. The molecule has 0 amide bonds. The van der Waals surface area contributed by atoms with Crippen LogP contribution in [-0.2, 0) is 0 Å². The summed E-state index contributed by atoms with van der Waals surface area (Å²) in [5.74, 6) is 5.36. The standard InChI is InChI=1S/C16H24O.C4H6/c1-4-7-14(6-3)15-10-9-13(11-15)12-16(17)8-5-2;1-3-4-2/h4,6-7,9-10,16-17H,5,8,11-12H2,1-3H3;1-2H3/b7-4-,14-6+;. The molecule has 0 aromatic carbocycles. The maximum atomic E-state index is 9.80. The lowest BCUT2D eigenvalue weighted by Gasteiger charge is -2.11. The largest absolute Gasteiger partial charge is 0.393 e. The average molecular weight is 286 g/mol. The second kappa shape index (κ2) is 12.2. The summed E-state index contributed by atoms with van der Waals surface area (Å²) in [4.78, 5) is 0. The molecule has 116 valence electrons. The van der Waals surface area contributed by atoms with Gasteiger partial charge in [-0.25, -0.2) is 0 Å². The molecule has 1 nitrogen and oxygen atoms in total. The van der Waals surface area contributed by atoms with Crippen LogP contribution in [0.25, 0.3) is 0 Å². The van der Waals surface area contributed by atoms with Gasteiger partial charge >= 0.3 is 0 Å². The highest BCUT2D eigenvalue weighted by Gasteiger charge is 2.13. The van der Waals surface area contributed by atoms with E-state index < -0.39 is 0 Å². The first kappa shape index (κ1) is 19.5. The molecule has 1 atom stereocenters. The summed E-state index contributed by atoms with van der Waals surface area (Å²) in [5.41, 5.74) is 4.01. The maximum absolute atomic E-state index is 9.80. The molecule has 0 saturated heterocycles. The highest BCUT2D eigenvalue weighted by molar-refractivity contribution is 5.47. The lowest BCUT2D eigenvalue weighted by molar-refractivity contribution is 0.163. The molecule has 0 spiro atoms. The van der Waals surface area contributed by atoms with E-state index in [0.29, 0.717) is 0 Å². The lowest BCUT2D eigenvalue weighted by atomic mass is 9.98. The molecular weight excluding hydrogens is 256 g/mol. The van der Waals surface area contributed by atoms with Crippen LogP contribution in [0, 0.1) is 11.8 Å². The third kappa shape index (κ3) is 8.38. The highest BCUT2D eigenvalue weighted by atomic mass is 16.3. The summed E-state index contributed by atoms with van der Waals surface area (Å²) in [6.45, 7) is 9.86. The summed E-state index contributed by atoms with van der Waals surface area (Å²) in [6, 6.07) is 0. The molecular formula is C20H30O. The molecule has 1 unspecified atom stereocenters. The van der Waals surface area contributed by atoms with E-state index in [-0.39, 0.29) is 6.10 Å². The van der Waals surface area contributed by atoms with E-state index in [4.69, 9.17) is 0 Å². The summed E-state index contributed by atoms with van der Waals surface area (Å²) < 4.78 is 0. The fraction of sp³-hybridized carbons (Fsp3) is 0.500. The van der Waals surface area contributed by atoms with E-state index >= 15 is 0 Å². The zero-order valence-corrected chi connectivity index (χ0v) is 14.2. The Morgan fingerprint density at radius 3 is 2.43 bits per heavy atom. The zero-order valence-electron chi connectivity index (χ0n) is 14.2. The normalized spacial score (nSPS) is 15.6. The van der Waals surface area contributed by atoms with Crippen LogP contribution in [0.5, 0.6) is 0 Å². The van der Waals surface area contributed by atoms with Crippen LogP contribution in [0.2, 0.25) is 0 Å². The van der Waals surface area contributed by atoms with Gasteiger partial charge in [-0.15, -0.1) is 11.8 Å². The molecule has 21 heavy (non-hydrogen) atoms. The van der Waals surface area contributed by atoms with E-state index in [1.165, 1.54) is 16.7 Å². The SMILES string of the molecule is C/C=C\C(=C/C)C1=CC=C(CC(O)CCC)C1.CC#CC. The monoisotopic (exact) mass is 286 g/mol. The summed E-state index contributed by atoms with van der Waals surface area (Å²) in [6.07, 6.45) is 14.3. The molecule has 1 N–H and O–H groups in total. The summed E-state index contributed by atoms with van der Waals surface area (Å²) >= 11 is 0. The number of aliphatic hydroxyl groups excluding tert-OH is 1. The second-order valence-electron chi connectivity index (χ2n) is 5.08. The van der Waals surface area contributed by atoms with Gasteiger partial charge in [-0.1, -0.05) is 49.3 Å². The average Bonchev–Trinajstić information content (AvgIpc) is 2.93. The lowest BCUT2D eigenvalue weighted by Crippen LogP contribution is -2.06. The van der Waals surface area contributed by atoms with Gasteiger partial charge in [0.2, 0.25) is 0 Å². The van der Waals surface area contributed by atoms with Crippen LogP contribution in [0.3, 0.4) is 0 Å². The Kier molecular flexibility index (Phi) is 11.4. The van der Waals surface area contributed by atoms with Crippen molar-refractivity contribution in [1.29, 1.82) is 0 Å². The molecule has 0 bridgehead atoms. The topological polar surface area (TPSA) is 20.2 Å². The summed E-state index contributed by atoms with van der Waals surface area (Å²) in [5, 5.41) is 9.80. The Labute approximate surface area is 131 Å². The van der Waals surface area contributed by atoms with Crippen molar-refractivity contribution in [3.8, 4) is 11.8 Å². The second-order valence-corrected chi connectivity index (χ2v) is 5.08. The van der Waals surface area contributed by atoms with Crippen molar-refractivity contribution < 1.29 is 5.11 Å². The summed E-state index contributed by atoms with van der Waals surface area (Å²) in [7, 11) is 0. The third-order valence-corrected chi connectivity index (χ3v) is 3.34. The fourth-order valence-corrected chi connectivity index (χ4v) is 2.23. The minimum atomic E-state index is -0.172. The molecule has 1 heteroatoms. The van der Waals surface area contributed by atoms with Gasteiger partial charge in [-0.2, -0.15) is 0 Å². The smallest absolute Gasteiger partial charge is 0.0577 e. The van der Waals surface area contributed by atoms with E-state index in [2.05, 4.69) is 56.1 Å². The van der Waals surface area contributed by atoms with Gasteiger partial charge in [0, 0.05) is 0 Å². The quantitative estimate of drug-likeness (QED) is 0.516. The van der Waals surface area contributed by atoms with Gasteiger partial charge in [0.25, 0.3) is 0 Å². The van der Waals surface area contributed by atoms with E-state index in [0.717, 1.165) is 25.7 Å². The van der Waals surface area contributed by atoms with Gasteiger partial charge in [0.05, 0.1) is 6.10 Å². The minimum absolute atomic E-state index is 0.172. The first-order valence-electron chi connectivity index (χ1n) is 7.82. The zero-order chi connectivity index (χ0) is 16.1. The van der Waals surface area contributed by atoms with Gasteiger partial charge in [-0.3, -0.25) is 0 Å². The number of hydrogen-bond acceptors (Lipinski definition) is 1. The first-order chi connectivity index (χ1) is 10.1. The predicted octanol–water partition coefficient (Wildman–Crippen LogP) is 5.35. The van der Waals surface area contributed by atoms with Crippen LogP contribution >= 0.6 is 0 Å². The van der Waals surface area contributed by atoms with E-state index in [1.54, 1.807) is 0 Å². The number of rotatable bonds is 6. The van der Waals surface area contributed by atoms with Crippen LogP contribution in [0.15, 0.2) is 47.1 Å². The van der Waals surface area contributed by atoms with Crippen molar-refractivity contribution in [2.45, 2.75) is 66.4 Å². The van der Waals surface area contributed by atoms with Crippen molar-refractivity contribution in [2.75, 3.05) is 0 Å². The van der Waals surface area contributed by atoms with Crippen molar-refractivity contribution in [1.82, 2.24) is 0 Å². The van der Waals surface area contributed by atoms with Crippen molar-refractivity contribution in [3.05, 3.63) is 47.1 Å². The Hall–Kier alpha value is -1.52. The first-order valence-corrected chi connectivity index (χ1v) is 7.82. The van der Waals surface area contributed by atoms with Crippen LogP contribution in [0.1, 0.15) is 60.3 Å². The van der Waals surface area contributed by atoms with Crippen LogP contribution in [0.4, 0.5) is 0 Å². The molecule has 0 saturated carbocycles. The third-order valence-electron chi connectivity index (χ3n) is 3.34. The van der Waals surface area contributed by atoms with Crippen LogP contribution < -0.4 is 0 Å². The van der Waals surface area contributed by atoms with Gasteiger partial charge in [0.15, 0.2) is 0 Å². The molecule has 1 aliphatic rings. The van der Waals surface area contributed by atoms with Gasteiger partial charge < -0.3 is 5.11 Å². The molecule has 1 rings (SSSR count). The fourth-order valence-electron chi connectivity index (χ4n) is 2.23. The van der Waals surface area contributed by atoms with Gasteiger partial charge in [0.1, 0.15) is 0 Å². The van der Waals surface area contributed by atoms with E-state index in [9.17, 15) is 5.11 Å².